The molecule has 1 nitrogen and oxygen atoms in total. The zero-order chi connectivity index (χ0) is 15.8. The van der Waals surface area contributed by atoms with Crippen LogP contribution < -0.4 is 0 Å². The highest BCUT2D eigenvalue weighted by molar-refractivity contribution is 6.10. The SMILES string of the molecule is Cc1cc(C(=O)c2ccccc2C(C)(C)C)cc(C)c1F. The summed E-state index contributed by atoms with van der Waals surface area (Å²) in [6, 6.07) is 10.9. The summed E-state index contributed by atoms with van der Waals surface area (Å²) in [6.45, 7) is 9.63. The van der Waals surface area contributed by atoms with Crippen LogP contribution in [0.3, 0.4) is 0 Å². The van der Waals surface area contributed by atoms with E-state index in [-0.39, 0.29) is 17.0 Å². The highest BCUT2D eigenvalue weighted by Crippen LogP contribution is 2.28. The van der Waals surface area contributed by atoms with Crippen LogP contribution in [0, 0.1) is 19.7 Å². The van der Waals surface area contributed by atoms with Crippen LogP contribution in [-0.4, -0.2) is 5.78 Å². The van der Waals surface area contributed by atoms with E-state index in [2.05, 4.69) is 20.8 Å². The van der Waals surface area contributed by atoms with Crippen molar-refractivity contribution in [3.63, 3.8) is 0 Å². The van der Waals surface area contributed by atoms with Gasteiger partial charge in [0.25, 0.3) is 0 Å². The quantitative estimate of drug-likeness (QED) is 0.711. The number of benzene rings is 2. The maximum Gasteiger partial charge on any atom is 0.193 e. The molecule has 110 valence electrons. The molecule has 0 bridgehead atoms. The van der Waals surface area contributed by atoms with Gasteiger partial charge in [-0.3, -0.25) is 4.79 Å². The number of rotatable bonds is 2. The summed E-state index contributed by atoms with van der Waals surface area (Å²) in [5, 5.41) is 0. The van der Waals surface area contributed by atoms with Gasteiger partial charge in [0.15, 0.2) is 5.78 Å². The van der Waals surface area contributed by atoms with E-state index in [9.17, 15) is 9.18 Å². The van der Waals surface area contributed by atoms with Gasteiger partial charge in [-0.25, -0.2) is 4.39 Å². The number of carbonyl (C=O) groups excluding carboxylic acids is 1. The third-order valence-electron chi connectivity index (χ3n) is 3.68. The minimum Gasteiger partial charge on any atom is -0.289 e. The first-order chi connectivity index (χ1) is 9.71. The average Bonchev–Trinajstić information content (AvgIpc) is 2.42. The molecule has 0 saturated carbocycles. The molecule has 0 radical (unpaired) electrons. The standard InChI is InChI=1S/C19H21FO/c1-12-10-14(11-13(2)17(12)20)18(21)15-8-6-7-9-16(15)19(3,4)5/h6-11H,1-5H3. The second-order valence-corrected chi connectivity index (χ2v) is 6.55. The number of ketones is 1. The van der Waals surface area contributed by atoms with Gasteiger partial charge < -0.3 is 0 Å². The van der Waals surface area contributed by atoms with Gasteiger partial charge >= 0.3 is 0 Å². The molecule has 0 N–H and O–H groups in total. The Kier molecular flexibility index (Phi) is 3.99. The predicted molar refractivity (Wildman–Crippen MR) is 84.4 cm³/mol. The van der Waals surface area contributed by atoms with Crippen molar-refractivity contribution in [2.24, 2.45) is 0 Å². The number of aryl methyl sites for hydroxylation is 2. The smallest absolute Gasteiger partial charge is 0.193 e. The largest absolute Gasteiger partial charge is 0.289 e. The van der Waals surface area contributed by atoms with Crippen molar-refractivity contribution in [2.45, 2.75) is 40.0 Å². The summed E-state index contributed by atoms with van der Waals surface area (Å²) in [6.07, 6.45) is 0. The molecular weight excluding hydrogens is 263 g/mol. The number of hydrogen-bond donors (Lipinski definition) is 0. The van der Waals surface area contributed by atoms with Gasteiger partial charge in [-0.2, -0.15) is 0 Å². The summed E-state index contributed by atoms with van der Waals surface area (Å²) >= 11 is 0. The first-order valence-corrected chi connectivity index (χ1v) is 7.13. The molecule has 0 saturated heterocycles. The molecule has 2 aromatic carbocycles. The predicted octanol–water partition coefficient (Wildman–Crippen LogP) is 4.97. The van der Waals surface area contributed by atoms with E-state index in [1.165, 1.54) is 0 Å². The highest BCUT2D eigenvalue weighted by Gasteiger charge is 2.22. The Morgan fingerprint density at radius 1 is 1.00 bits per heavy atom. The van der Waals surface area contributed by atoms with Crippen LogP contribution in [0.15, 0.2) is 36.4 Å². The molecule has 0 amide bonds. The monoisotopic (exact) mass is 284 g/mol. The van der Waals surface area contributed by atoms with Crippen LogP contribution in [0.1, 0.15) is 53.4 Å². The third-order valence-corrected chi connectivity index (χ3v) is 3.68. The van der Waals surface area contributed by atoms with Gasteiger partial charge in [0, 0.05) is 11.1 Å². The molecule has 0 unspecified atom stereocenters. The summed E-state index contributed by atoms with van der Waals surface area (Å²) in [5.41, 5.74) is 3.14. The lowest BCUT2D eigenvalue weighted by molar-refractivity contribution is 0.103. The summed E-state index contributed by atoms with van der Waals surface area (Å²) in [4.78, 5) is 12.8. The van der Waals surface area contributed by atoms with E-state index in [1.54, 1.807) is 26.0 Å². The molecule has 2 heteroatoms. The molecule has 0 aliphatic rings. The van der Waals surface area contributed by atoms with Crippen LogP contribution in [0.2, 0.25) is 0 Å². The minimum atomic E-state index is -0.240. The Labute approximate surface area is 125 Å². The van der Waals surface area contributed by atoms with Crippen LogP contribution in [-0.2, 0) is 5.41 Å². The highest BCUT2D eigenvalue weighted by atomic mass is 19.1. The van der Waals surface area contributed by atoms with Gasteiger partial charge in [0.2, 0.25) is 0 Å². The van der Waals surface area contributed by atoms with Crippen LogP contribution >= 0.6 is 0 Å². The first-order valence-electron chi connectivity index (χ1n) is 7.13. The van der Waals surface area contributed by atoms with E-state index >= 15 is 0 Å². The van der Waals surface area contributed by atoms with E-state index in [1.807, 2.05) is 24.3 Å². The topological polar surface area (TPSA) is 17.1 Å². The molecular formula is C19H21FO. The second kappa shape index (κ2) is 5.44. The van der Waals surface area contributed by atoms with Gasteiger partial charge in [0.05, 0.1) is 0 Å². The lowest BCUT2D eigenvalue weighted by Crippen LogP contribution is -2.17. The van der Waals surface area contributed by atoms with E-state index in [0.29, 0.717) is 22.3 Å². The van der Waals surface area contributed by atoms with Crippen LogP contribution in [0.5, 0.6) is 0 Å². The zero-order valence-corrected chi connectivity index (χ0v) is 13.3. The summed E-state index contributed by atoms with van der Waals surface area (Å²) in [7, 11) is 0. The molecule has 2 aromatic rings. The fraction of sp³-hybridized carbons (Fsp3) is 0.316. The third kappa shape index (κ3) is 3.05. The maximum absolute atomic E-state index is 13.7. The lowest BCUT2D eigenvalue weighted by atomic mass is 9.81. The first kappa shape index (κ1) is 15.4. The normalized spacial score (nSPS) is 11.5. The van der Waals surface area contributed by atoms with Crippen LogP contribution in [0.25, 0.3) is 0 Å². The molecule has 0 aromatic heterocycles. The number of hydrogen-bond acceptors (Lipinski definition) is 1. The van der Waals surface area contributed by atoms with Crippen molar-refractivity contribution >= 4 is 5.78 Å². The van der Waals surface area contributed by atoms with Crippen molar-refractivity contribution in [1.29, 1.82) is 0 Å². The Morgan fingerprint density at radius 3 is 2.05 bits per heavy atom. The Hall–Kier alpha value is -1.96. The summed E-state index contributed by atoms with van der Waals surface area (Å²) in [5.74, 6) is -0.289. The zero-order valence-electron chi connectivity index (χ0n) is 13.3. The van der Waals surface area contributed by atoms with Crippen molar-refractivity contribution in [2.75, 3.05) is 0 Å². The van der Waals surface area contributed by atoms with Crippen molar-refractivity contribution in [3.8, 4) is 0 Å². The number of halogens is 1. The Bertz CT molecular complexity index is 670. The molecule has 21 heavy (non-hydrogen) atoms. The Morgan fingerprint density at radius 2 is 1.52 bits per heavy atom. The van der Waals surface area contributed by atoms with Crippen molar-refractivity contribution in [3.05, 3.63) is 70.0 Å². The average molecular weight is 284 g/mol. The molecule has 2 rings (SSSR count). The van der Waals surface area contributed by atoms with Gasteiger partial charge in [-0.15, -0.1) is 0 Å². The van der Waals surface area contributed by atoms with Crippen LogP contribution in [0.4, 0.5) is 4.39 Å². The molecule has 0 aliphatic carbocycles. The lowest BCUT2D eigenvalue weighted by Gasteiger charge is -2.22. The van der Waals surface area contributed by atoms with E-state index in [4.69, 9.17) is 0 Å². The molecule has 0 spiro atoms. The fourth-order valence-electron chi connectivity index (χ4n) is 2.57. The van der Waals surface area contributed by atoms with E-state index < -0.39 is 0 Å². The molecule has 0 aliphatic heterocycles. The maximum atomic E-state index is 13.7. The van der Waals surface area contributed by atoms with Gasteiger partial charge in [-0.1, -0.05) is 45.0 Å². The Balaban J connectivity index is 2.56. The number of carbonyl (C=O) groups is 1. The summed E-state index contributed by atoms with van der Waals surface area (Å²) < 4.78 is 13.7. The van der Waals surface area contributed by atoms with Crippen molar-refractivity contribution < 1.29 is 9.18 Å². The minimum absolute atomic E-state index is 0.0493. The van der Waals surface area contributed by atoms with Crippen molar-refractivity contribution in [1.82, 2.24) is 0 Å². The molecule has 0 fully saturated rings. The second-order valence-electron chi connectivity index (χ2n) is 6.55. The molecule has 0 heterocycles. The molecule has 0 atom stereocenters. The fourth-order valence-corrected chi connectivity index (χ4v) is 2.57. The van der Waals surface area contributed by atoms with E-state index in [0.717, 1.165) is 5.56 Å². The van der Waals surface area contributed by atoms with Gasteiger partial charge in [0.1, 0.15) is 5.82 Å². The van der Waals surface area contributed by atoms with Gasteiger partial charge in [-0.05, 0) is 48.1 Å².